The van der Waals surface area contributed by atoms with Crippen molar-refractivity contribution in [3.05, 3.63) is 54.1 Å². The number of amides is 1. The fourth-order valence-electron chi connectivity index (χ4n) is 3.79. The van der Waals surface area contributed by atoms with E-state index in [2.05, 4.69) is 23.5 Å². The van der Waals surface area contributed by atoms with Crippen LogP contribution in [0.1, 0.15) is 25.8 Å². The van der Waals surface area contributed by atoms with Gasteiger partial charge in [0.25, 0.3) is 0 Å². The van der Waals surface area contributed by atoms with Crippen LogP contribution in [-0.4, -0.2) is 72.3 Å². The number of alkyl carbamates (subject to hydrolysis) is 1. The molecule has 1 fully saturated rings. The fourth-order valence-corrected chi connectivity index (χ4v) is 4.95. The Bertz CT molecular complexity index is 903. The third-order valence-electron chi connectivity index (χ3n) is 5.57. The lowest BCUT2D eigenvalue weighted by Crippen LogP contribution is -2.49. The molecule has 1 amide bonds. The second-order valence-electron chi connectivity index (χ2n) is 9.09. The molecule has 1 aliphatic rings. The molecule has 2 aromatic carbocycles. The summed E-state index contributed by atoms with van der Waals surface area (Å²) in [7, 11) is 1.63. The molecule has 192 valence electrons. The number of ether oxygens (including phenoxy) is 3. The summed E-state index contributed by atoms with van der Waals surface area (Å²) in [5, 5.41) is 23.7. The molecule has 0 aliphatic carbocycles. The van der Waals surface area contributed by atoms with E-state index in [1.54, 1.807) is 43.3 Å². The molecule has 0 bridgehead atoms. The summed E-state index contributed by atoms with van der Waals surface area (Å²) in [6.07, 6.45) is -0.647. The third kappa shape index (κ3) is 9.25. The first-order chi connectivity index (χ1) is 16.8. The molecule has 3 atom stereocenters. The van der Waals surface area contributed by atoms with E-state index in [9.17, 15) is 15.0 Å². The number of aliphatic hydroxyl groups is 1. The topological polar surface area (TPSA) is 100 Å². The van der Waals surface area contributed by atoms with Crippen LogP contribution in [0.3, 0.4) is 0 Å². The number of hydrogen-bond donors (Lipinski definition) is 3. The monoisotopic (exact) mass is 504 g/mol. The summed E-state index contributed by atoms with van der Waals surface area (Å²) in [6, 6.07) is 14.0. The van der Waals surface area contributed by atoms with Crippen molar-refractivity contribution in [2.45, 2.75) is 49.8 Å². The van der Waals surface area contributed by atoms with Crippen molar-refractivity contribution >= 4 is 18.0 Å². The van der Waals surface area contributed by atoms with Gasteiger partial charge in [-0.3, -0.25) is 0 Å². The van der Waals surface area contributed by atoms with E-state index in [-0.39, 0.29) is 11.9 Å². The maximum Gasteiger partial charge on any atom is 0.407 e. The van der Waals surface area contributed by atoms with E-state index in [4.69, 9.17) is 14.2 Å². The van der Waals surface area contributed by atoms with Gasteiger partial charge >= 0.3 is 6.09 Å². The van der Waals surface area contributed by atoms with Crippen LogP contribution in [0.25, 0.3) is 0 Å². The average Bonchev–Trinajstić information content (AvgIpc) is 3.33. The zero-order valence-electron chi connectivity index (χ0n) is 20.6. The van der Waals surface area contributed by atoms with Crippen molar-refractivity contribution in [2.75, 3.05) is 33.4 Å². The molecule has 0 radical (unpaired) electrons. The summed E-state index contributed by atoms with van der Waals surface area (Å²) >= 11 is 1.56. The zero-order valence-corrected chi connectivity index (χ0v) is 21.4. The van der Waals surface area contributed by atoms with Gasteiger partial charge in [-0.05, 0) is 66.2 Å². The van der Waals surface area contributed by atoms with Crippen LogP contribution in [-0.2, 0) is 15.9 Å². The number of rotatable bonds is 12. The van der Waals surface area contributed by atoms with E-state index in [1.807, 2.05) is 24.3 Å². The van der Waals surface area contributed by atoms with Gasteiger partial charge < -0.3 is 29.7 Å². The molecular weight excluding hydrogens is 468 g/mol. The largest absolute Gasteiger partial charge is 0.508 e. The standard InChI is InChI=1S/C26H36N2O6S/c1-18(2)15-28(35-23-10-8-21(32-3)9-11-23)16-25(30)24(14-19-4-6-20(29)7-5-19)27-26(31)34-22-12-13-33-17-22/h4-11,18,22,24-25,29-30H,12-17H2,1-3H3,(H,27,31)/t22-,24-,25+/m0/s1. The highest BCUT2D eigenvalue weighted by Crippen LogP contribution is 2.26. The normalized spacial score (nSPS) is 17.4. The van der Waals surface area contributed by atoms with Crippen LogP contribution in [0.15, 0.2) is 53.4 Å². The Morgan fingerprint density at radius 1 is 1.17 bits per heavy atom. The molecule has 0 spiro atoms. The Morgan fingerprint density at radius 2 is 1.89 bits per heavy atom. The predicted octanol–water partition coefficient (Wildman–Crippen LogP) is 3.85. The van der Waals surface area contributed by atoms with Gasteiger partial charge in [0.15, 0.2) is 0 Å². The van der Waals surface area contributed by atoms with E-state index in [0.29, 0.717) is 38.5 Å². The van der Waals surface area contributed by atoms with Crippen LogP contribution >= 0.6 is 11.9 Å². The number of phenols is 1. The SMILES string of the molecule is COc1ccc(SN(CC(C)C)C[C@@H](O)[C@H](Cc2ccc(O)cc2)NC(=O)O[C@H]2CCOC2)cc1. The smallest absolute Gasteiger partial charge is 0.407 e. The fraction of sp³-hybridized carbons (Fsp3) is 0.500. The Kier molecular flexibility index (Phi) is 10.5. The lowest BCUT2D eigenvalue weighted by atomic mass is 10.0. The van der Waals surface area contributed by atoms with Crippen molar-refractivity contribution in [3.8, 4) is 11.5 Å². The minimum absolute atomic E-state index is 0.165. The molecule has 3 rings (SSSR count). The molecule has 35 heavy (non-hydrogen) atoms. The second-order valence-corrected chi connectivity index (χ2v) is 10.3. The number of aromatic hydroxyl groups is 1. The van der Waals surface area contributed by atoms with E-state index < -0.39 is 18.2 Å². The van der Waals surface area contributed by atoms with E-state index in [1.165, 1.54) is 0 Å². The molecule has 2 aromatic rings. The van der Waals surface area contributed by atoms with E-state index in [0.717, 1.165) is 22.8 Å². The molecule has 0 saturated carbocycles. The molecule has 1 saturated heterocycles. The summed E-state index contributed by atoms with van der Waals surface area (Å²) < 4.78 is 18.1. The molecule has 1 heterocycles. The maximum absolute atomic E-state index is 12.6. The van der Waals surface area contributed by atoms with Gasteiger partial charge in [0.1, 0.15) is 17.6 Å². The number of carbonyl (C=O) groups excluding carboxylic acids is 1. The molecule has 1 aliphatic heterocycles. The van der Waals surface area contributed by atoms with Gasteiger partial charge in [0.2, 0.25) is 0 Å². The number of carbonyl (C=O) groups is 1. The van der Waals surface area contributed by atoms with Crippen LogP contribution in [0.4, 0.5) is 4.79 Å². The summed E-state index contributed by atoms with van der Waals surface area (Å²) in [6.45, 7) is 6.31. The summed E-state index contributed by atoms with van der Waals surface area (Å²) in [4.78, 5) is 13.6. The van der Waals surface area contributed by atoms with Gasteiger partial charge in [-0.25, -0.2) is 9.10 Å². The highest BCUT2D eigenvalue weighted by atomic mass is 32.2. The minimum Gasteiger partial charge on any atom is -0.508 e. The molecule has 3 N–H and O–H groups in total. The van der Waals surface area contributed by atoms with Crippen molar-refractivity contribution in [3.63, 3.8) is 0 Å². The highest BCUT2D eigenvalue weighted by Gasteiger charge is 2.27. The van der Waals surface area contributed by atoms with Crippen LogP contribution in [0, 0.1) is 5.92 Å². The predicted molar refractivity (Wildman–Crippen MR) is 136 cm³/mol. The minimum atomic E-state index is -0.860. The van der Waals surface area contributed by atoms with Crippen molar-refractivity contribution in [1.82, 2.24) is 9.62 Å². The van der Waals surface area contributed by atoms with Gasteiger partial charge in [-0.1, -0.05) is 26.0 Å². The number of methoxy groups -OCH3 is 1. The second kappa shape index (κ2) is 13.6. The Balaban J connectivity index is 1.70. The van der Waals surface area contributed by atoms with Gasteiger partial charge in [0.05, 0.1) is 32.5 Å². The van der Waals surface area contributed by atoms with Gasteiger partial charge in [0, 0.05) is 24.4 Å². The lowest BCUT2D eigenvalue weighted by Gasteiger charge is -2.30. The number of benzene rings is 2. The molecule has 8 nitrogen and oxygen atoms in total. The highest BCUT2D eigenvalue weighted by molar-refractivity contribution is 7.97. The van der Waals surface area contributed by atoms with Gasteiger partial charge in [-0.2, -0.15) is 0 Å². The van der Waals surface area contributed by atoms with Crippen LogP contribution in [0.2, 0.25) is 0 Å². The number of aliphatic hydroxyl groups excluding tert-OH is 1. The first kappa shape index (κ1) is 27.1. The summed E-state index contributed by atoms with van der Waals surface area (Å²) in [5.41, 5.74) is 0.884. The maximum atomic E-state index is 12.6. The molecule has 9 heteroatoms. The summed E-state index contributed by atoms with van der Waals surface area (Å²) in [5.74, 6) is 1.33. The quantitative estimate of drug-likeness (QED) is 0.375. The van der Waals surface area contributed by atoms with Crippen molar-refractivity contribution in [2.24, 2.45) is 5.92 Å². The van der Waals surface area contributed by atoms with Crippen molar-refractivity contribution < 1.29 is 29.2 Å². The van der Waals surface area contributed by atoms with Gasteiger partial charge in [-0.15, -0.1) is 0 Å². The number of hydrogen-bond acceptors (Lipinski definition) is 8. The molecular formula is C26H36N2O6S. The first-order valence-corrected chi connectivity index (χ1v) is 12.7. The Morgan fingerprint density at radius 3 is 2.49 bits per heavy atom. The Hall–Kier alpha value is -2.46. The molecule has 0 aromatic heterocycles. The zero-order chi connectivity index (χ0) is 25.2. The first-order valence-electron chi connectivity index (χ1n) is 11.9. The average molecular weight is 505 g/mol. The van der Waals surface area contributed by atoms with Crippen LogP contribution in [0.5, 0.6) is 11.5 Å². The van der Waals surface area contributed by atoms with Crippen LogP contribution < -0.4 is 10.1 Å². The Labute approximate surface area is 211 Å². The molecule has 0 unspecified atom stereocenters. The third-order valence-corrected chi connectivity index (χ3v) is 6.61. The van der Waals surface area contributed by atoms with Crippen molar-refractivity contribution in [1.29, 1.82) is 0 Å². The number of nitrogens with zero attached hydrogens (tertiary/aromatic N) is 1. The number of nitrogens with one attached hydrogen (secondary N) is 1. The number of phenolic OH excluding ortho intramolecular Hbond substituents is 1. The lowest BCUT2D eigenvalue weighted by molar-refractivity contribution is 0.0650. The van der Waals surface area contributed by atoms with E-state index >= 15 is 0 Å².